The Balaban J connectivity index is 0.982. The minimum atomic E-state index is -0.443. The van der Waals surface area contributed by atoms with E-state index in [1.807, 2.05) is 60.7 Å². The number of anilines is 2. The van der Waals surface area contributed by atoms with Crippen molar-refractivity contribution in [3.63, 3.8) is 0 Å². The predicted octanol–water partition coefficient (Wildman–Crippen LogP) is 14.1. The van der Waals surface area contributed by atoms with Gasteiger partial charge >= 0.3 is 0 Å². The molecule has 0 amide bonds. The summed E-state index contributed by atoms with van der Waals surface area (Å²) in [5.41, 5.74) is 6.36. The Kier molecular flexibility index (Phi) is 13.9. The van der Waals surface area contributed by atoms with E-state index < -0.39 is 9.85 Å². The molecule has 8 aromatic carbocycles. The smallest absolute Gasteiger partial charge is 0.269 e. The van der Waals surface area contributed by atoms with Crippen LogP contribution in [0.15, 0.2) is 190 Å². The van der Waals surface area contributed by atoms with Crippen molar-refractivity contribution in [1.82, 2.24) is 0 Å². The Morgan fingerprint density at radius 3 is 1.11 bits per heavy atom. The maximum Gasteiger partial charge on any atom is 0.269 e. The average Bonchev–Trinajstić information content (AvgIpc) is 3.36. The lowest BCUT2D eigenvalue weighted by atomic mass is 9.92. The van der Waals surface area contributed by atoms with Crippen LogP contribution in [0.3, 0.4) is 0 Å². The molecule has 0 saturated carbocycles. The summed E-state index contributed by atoms with van der Waals surface area (Å²) in [6, 6.07) is 52.5. The van der Waals surface area contributed by atoms with Gasteiger partial charge in [0.25, 0.3) is 11.4 Å². The summed E-state index contributed by atoms with van der Waals surface area (Å²) < 4.78 is 13.5. The van der Waals surface area contributed by atoms with Gasteiger partial charge in [-0.15, -0.1) is 0 Å². The van der Waals surface area contributed by atoms with Gasteiger partial charge in [0.05, 0.1) is 45.7 Å². The number of nitrogens with zero attached hydrogens (tertiary/aromatic N) is 8. The Labute approximate surface area is 381 Å². The molecule has 0 aromatic heterocycles. The molecule has 0 aliphatic rings. The maximum atomic E-state index is 11.0. The summed E-state index contributed by atoms with van der Waals surface area (Å²) in [6.07, 6.45) is 0. The number of azo groups is 2. The first-order chi connectivity index (χ1) is 32.3. The molecule has 0 N–H and O–H groups in total. The van der Waals surface area contributed by atoms with E-state index in [4.69, 9.17) is 9.47 Å². The van der Waals surface area contributed by atoms with E-state index in [2.05, 4.69) is 105 Å². The van der Waals surface area contributed by atoms with E-state index in [1.54, 1.807) is 24.3 Å². The molecule has 8 aromatic rings. The van der Waals surface area contributed by atoms with Crippen molar-refractivity contribution < 1.29 is 19.3 Å². The fraction of sp³-hybridized carbons (Fsp3) is 0.154. The minimum absolute atomic E-state index is 0.00439. The lowest BCUT2D eigenvalue weighted by Crippen LogP contribution is -2.28. The van der Waals surface area contributed by atoms with Crippen LogP contribution in [0, 0.1) is 20.2 Å². The third-order valence-corrected chi connectivity index (χ3v) is 11.1. The van der Waals surface area contributed by atoms with Gasteiger partial charge < -0.3 is 19.3 Å². The first kappa shape index (κ1) is 44.1. The van der Waals surface area contributed by atoms with Gasteiger partial charge in [-0.2, -0.15) is 20.5 Å². The number of nitro groups is 2. The van der Waals surface area contributed by atoms with Crippen LogP contribution in [0.5, 0.6) is 11.5 Å². The maximum absolute atomic E-state index is 11.0. The van der Waals surface area contributed by atoms with Gasteiger partial charge in [0.2, 0.25) is 0 Å². The molecule has 0 atom stereocenters. The van der Waals surface area contributed by atoms with Crippen molar-refractivity contribution in [1.29, 1.82) is 0 Å². The highest BCUT2D eigenvalue weighted by molar-refractivity contribution is 6.09. The van der Waals surface area contributed by atoms with Gasteiger partial charge in [0, 0.05) is 59.9 Å². The number of hydrogen-bond donors (Lipinski definition) is 0. The van der Waals surface area contributed by atoms with Crippen LogP contribution in [0.4, 0.5) is 45.5 Å². The molecule has 8 rings (SSSR count). The molecule has 66 heavy (non-hydrogen) atoms. The van der Waals surface area contributed by atoms with Crippen LogP contribution in [0.25, 0.3) is 32.7 Å². The van der Waals surface area contributed by atoms with Gasteiger partial charge in [-0.1, -0.05) is 60.7 Å². The van der Waals surface area contributed by atoms with Gasteiger partial charge in [0.1, 0.15) is 24.7 Å². The highest BCUT2D eigenvalue weighted by Crippen LogP contribution is 2.45. The highest BCUT2D eigenvalue weighted by atomic mass is 16.6. The van der Waals surface area contributed by atoms with Crippen LogP contribution in [-0.2, 0) is 0 Å². The minimum Gasteiger partial charge on any atom is -0.491 e. The fourth-order valence-corrected chi connectivity index (χ4v) is 7.70. The molecule has 0 aliphatic heterocycles. The Morgan fingerprint density at radius 2 is 0.773 bits per heavy atom. The Hall–Kier alpha value is -8.52. The summed E-state index contributed by atoms with van der Waals surface area (Å²) in [5, 5.41) is 43.4. The summed E-state index contributed by atoms with van der Waals surface area (Å²) in [7, 11) is 0. The van der Waals surface area contributed by atoms with E-state index in [0.717, 1.165) is 68.6 Å². The normalized spacial score (nSPS) is 11.4. The Morgan fingerprint density at radius 1 is 0.439 bits per heavy atom. The number of fused-ring (bicyclic) bond motifs is 2. The van der Waals surface area contributed by atoms with Gasteiger partial charge in [-0.05, 0) is 120 Å². The zero-order valence-corrected chi connectivity index (χ0v) is 36.4. The molecule has 0 fully saturated rings. The third-order valence-electron chi connectivity index (χ3n) is 11.1. The molecule has 0 aliphatic carbocycles. The quantitative estimate of drug-likeness (QED) is 0.0440. The van der Waals surface area contributed by atoms with Crippen LogP contribution < -0.4 is 19.3 Å². The van der Waals surface area contributed by atoms with Crippen molar-refractivity contribution >= 4 is 67.0 Å². The topological polar surface area (TPSA) is 161 Å². The van der Waals surface area contributed by atoms with Crippen LogP contribution in [-0.4, -0.2) is 49.2 Å². The average molecular weight is 879 g/mol. The van der Waals surface area contributed by atoms with Crippen molar-refractivity contribution in [3.8, 4) is 22.6 Å². The molecule has 0 spiro atoms. The van der Waals surface area contributed by atoms with E-state index in [1.165, 1.54) is 24.3 Å². The number of non-ortho nitro benzene ring substituents is 2. The first-order valence-electron chi connectivity index (χ1n) is 21.6. The van der Waals surface area contributed by atoms with E-state index >= 15 is 0 Å². The lowest BCUT2D eigenvalue weighted by Gasteiger charge is -2.25. The van der Waals surface area contributed by atoms with Crippen molar-refractivity contribution in [2.24, 2.45) is 20.5 Å². The van der Waals surface area contributed by atoms with Crippen molar-refractivity contribution in [3.05, 3.63) is 190 Å². The molecular formula is C52H46N8O6. The summed E-state index contributed by atoms with van der Waals surface area (Å²) in [4.78, 5) is 25.6. The largest absolute Gasteiger partial charge is 0.491 e. The molecule has 0 bridgehead atoms. The van der Waals surface area contributed by atoms with Crippen molar-refractivity contribution in [2.75, 3.05) is 49.2 Å². The molecule has 0 saturated heterocycles. The third kappa shape index (κ3) is 10.5. The SMILES string of the molecule is CCN(CCOc1ccc2ccccc2c1-c1c(OCCN(CC)c2ccc(N=Nc3ccc([N+](=O)[O-])cc3)cc2)ccc2ccccc12)c1ccc(N=Nc2ccc([N+](=O)[O-])cc2)cc1. The number of benzene rings is 8. The molecule has 0 radical (unpaired) electrons. The number of likely N-dealkylation sites (N-methyl/N-ethyl adjacent to an activating group) is 2. The number of rotatable bonds is 19. The monoisotopic (exact) mass is 878 g/mol. The zero-order chi connectivity index (χ0) is 45.8. The van der Waals surface area contributed by atoms with Crippen LogP contribution >= 0.6 is 0 Å². The molecule has 330 valence electrons. The Bertz CT molecular complexity index is 2810. The fourth-order valence-electron chi connectivity index (χ4n) is 7.70. The second-order valence-corrected chi connectivity index (χ2v) is 15.2. The second kappa shape index (κ2) is 20.8. The van der Waals surface area contributed by atoms with E-state index in [0.29, 0.717) is 49.1 Å². The number of ether oxygens (including phenoxy) is 2. The lowest BCUT2D eigenvalue weighted by molar-refractivity contribution is -0.385. The molecule has 14 nitrogen and oxygen atoms in total. The summed E-state index contributed by atoms with van der Waals surface area (Å²) in [5.74, 6) is 1.52. The summed E-state index contributed by atoms with van der Waals surface area (Å²) >= 11 is 0. The van der Waals surface area contributed by atoms with E-state index in [-0.39, 0.29) is 11.4 Å². The number of nitro benzene ring substituents is 2. The highest BCUT2D eigenvalue weighted by Gasteiger charge is 2.20. The van der Waals surface area contributed by atoms with Gasteiger partial charge in [-0.3, -0.25) is 20.2 Å². The van der Waals surface area contributed by atoms with Crippen molar-refractivity contribution in [2.45, 2.75) is 13.8 Å². The molecule has 0 unspecified atom stereocenters. The molecule has 0 heterocycles. The standard InChI is InChI=1S/C52H46N8O6/c1-3-57(43-23-15-39(16-24-43)53-55-41-19-27-45(28-20-41)59(61)62)33-35-65-49-31-13-37-9-5-7-11-47(37)51(49)52-48-12-8-6-10-38(48)14-32-50(52)66-36-34-58(4-2)44-25-17-40(18-26-44)54-56-42-21-29-46(30-22-42)60(63)64/h5-32H,3-4,33-36H2,1-2H3. The molecular weight excluding hydrogens is 833 g/mol. The van der Waals surface area contributed by atoms with Crippen LogP contribution in [0.2, 0.25) is 0 Å². The zero-order valence-electron chi connectivity index (χ0n) is 36.4. The van der Waals surface area contributed by atoms with E-state index in [9.17, 15) is 20.2 Å². The van der Waals surface area contributed by atoms with Gasteiger partial charge in [-0.25, -0.2) is 0 Å². The number of hydrogen-bond acceptors (Lipinski definition) is 12. The first-order valence-corrected chi connectivity index (χ1v) is 21.6. The second-order valence-electron chi connectivity index (χ2n) is 15.2. The predicted molar refractivity (Wildman–Crippen MR) is 261 cm³/mol. The van der Waals surface area contributed by atoms with Crippen LogP contribution in [0.1, 0.15) is 13.8 Å². The molecule has 14 heteroatoms. The summed E-state index contributed by atoms with van der Waals surface area (Å²) in [6.45, 7) is 7.83. The van der Waals surface area contributed by atoms with Gasteiger partial charge in [0.15, 0.2) is 0 Å².